The first-order valence-corrected chi connectivity index (χ1v) is 8.24. The molecule has 3 aromatic rings. The van der Waals surface area contributed by atoms with Gasteiger partial charge in [-0.3, -0.25) is 9.48 Å². The lowest BCUT2D eigenvalue weighted by Crippen LogP contribution is -2.27. The van der Waals surface area contributed by atoms with E-state index in [1.165, 1.54) is 18.9 Å². The summed E-state index contributed by atoms with van der Waals surface area (Å²) in [6.07, 6.45) is -3.04. The van der Waals surface area contributed by atoms with E-state index in [-0.39, 0.29) is 28.6 Å². The molecule has 27 heavy (non-hydrogen) atoms. The first kappa shape index (κ1) is 19.2. The predicted octanol–water partition coefficient (Wildman–Crippen LogP) is 3.02. The molecule has 7 nitrogen and oxygen atoms in total. The standard InChI is InChI=1S/C16H16ClF3N6O/c1-8-5-11(16(18,19)20)26-14(22-8)12(17)13(23-26)15(27)24(3)7-10-6-21-25(4)9(10)2/h5-6H,7H2,1-4H3. The van der Waals surface area contributed by atoms with Crippen molar-refractivity contribution in [1.29, 1.82) is 0 Å². The highest BCUT2D eigenvalue weighted by atomic mass is 35.5. The van der Waals surface area contributed by atoms with E-state index in [1.54, 1.807) is 17.9 Å². The van der Waals surface area contributed by atoms with Gasteiger partial charge in [0.25, 0.3) is 5.91 Å². The molecule has 0 saturated carbocycles. The molecule has 0 saturated heterocycles. The molecule has 0 radical (unpaired) electrons. The quantitative estimate of drug-likeness (QED) is 0.677. The van der Waals surface area contributed by atoms with E-state index in [2.05, 4.69) is 15.2 Å². The van der Waals surface area contributed by atoms with Crippen LogP contribution < -0.4 is 0 Å². The molecule has 1 amide bonds. The molecule has 0 aliphatic rings. The Morgan fingerprint density at radius 1 is 1.33 bits per heavy atom. The van der Waals surface area contributed by atoms with Crippen molar-refractivity contribution in [3.05, 3.63) is 45.6 Å². The number of halogens is 4. The van der Waals surface area contributed by atoms with Crippen molar-refractivity contribution >= 4 is 23.2 Å². The number of carbonyl (C=O) groups excluding carboxylic acids is 1. The van der Waals surface area contributed by atoms with Gasteiger partial charge in [0.15, 0.2) is 11.3 Å². The Morgan fingerprint density at radius 3 is 2.56 bits per heavy atom. The predicted molar refractivity (Wildman–Crippen MR) is 91.5 cm³/mol. The third-order valence-electron chi connectivity index (χ3n) is 4.25. The molecule has 0 aliphatic carbocycles. The molecule has 0 unspecified atom stereocenters. The molecule has 0 N–H and O–H groups in total. The largest absolute Gasteiger partial charge is 0.433 e. The van der Waals surface area contributed by atoms with E-state index in [1.807, 2.05) is 6.92 Å². The van der Waals surface area contributed by atoms with E-state index >= 15 is 0 Å². The van der Waals surface area contributed by atoms with E-state index in [0.717, 1.165) is 17.3 Å². The summed E-state index contributed by atoms with van der Waals surface area (Å²) in [4.78, 5) is 18.0. The van der Waals surface area contributed by atoms with Crippen molar-refractivity contribution in [2.45, 2.75) is 26.6 Å². The summed E-state index contributed by atoms with van der Waals surface area (Å²) >= 11 is 6.15. The Morgan fingerprint density at radius 2 is 2.00 bits per heavy atom. The second-order valence-electron chi connectivity index (χ2n) is 6.22. The fourth-order valence-electron chi connectivity index (χ4n) is 2.66. The van der Waals surface area contributed by atoms with Gasteiger partial charge in [-0.1, -0.05) is 11.6 Å². The summed E-state index contributed by atoms with van der Waals surface area (Å²) < 4.78 is 42.1. The normalized spacial score (nSPS) is 12.0. The van der Waals surface area contributed by atoms with Crippen molar-refractivity contribution in [3.63, 3.8) is 0 Å². The summed E-state index contributed by atoms with van der Waals surface area (Å²) in [7, 11) is 3.28. The third-order valence-corrected chi connectivity index (χ3v) is 4.59. The minimum atomic E-state index is -4.67. The molecule has 3 rings (SSSR count). The van der Waals surface area contributed by atoms with Crippen LogP contribution in [0.3, 0.4) is 0 Å². The second kappa shape index (κ2) is 6.52. The van der Waals surface area contributed by atoms with Crippen LogP contribution in [0.4, 0.5) is 13.2 Å². The maximum Gasteiger partial charge on any atom is 0.433 e. The van der Waals surface area contributed by atoms with Crippen LogP contribution >= 0.6 is 11.6 Å². The Hall–Kier alpha value is -2.62. The minimum Gasteiger partial charge on any atom is -0.336 e. The highest BCUT2D eigenvalue weighted by Gasteiger charge is 2.36. The zero-order valence-corrected chi connectivity index (χ0v) is 15.7. The van der Waals surface area contributed by atoms with Gasteiger partial charge in [-0.15, -0.1) is 0 Å². The molecule has 0 bridgehead atoms. The van der Waals surface area contributed by atoms with Gasteiger partial charge >= 0.3 is 6.18 Å². The average molecular weight is 401 g/mol. The number of rotatable bonds is 3. The Balaban J connectivity index is 2.02. The summed E-state index contributed by atoms with van der Waals surface area (Å²) in [6, 6.07) is 0.854. The lowest BCUT2D eigenvalue weighted by Gasteiger charge is -2.15. The van der Waals surface area contributed by atoms with Crippen LogP contribution in [0.5, 0.6) is 0 Å². The fraction of sp³-hybridized carbons (Fsp3) is 0.375. The Kier molecular flexibility index (Phi) is 4.62. The molecule has 144 valence electrons. The summed E-state index contributed by atoms with van der Waals surface area (Å²) in [5, 5.41) is 7.68. The number of hydrogen-bond donors (Lipinski definition) is 0. The first-order valence-electron chi connectivity index (χ1n) is 7.86. The van der Waals surface area contributed by atoms with Gasteiger partial charge in [-0.25, -0.2) is 9.50 Å². The molecule has 0 fully saturated rings. The minimum absolute atomic E-state index is 0.120. The van der Waals surface area contributed by atoms with Crippen molar-refractivity contribution in [2.24, 2.45) is 7.05 Å². The van der Waals surface area contributed by atoms with E-state index in [9.17, 15) is 18.0 Å². The smallest absolute Gasteiger partial charge is 0.336 e. The van der Waals surface area contributed by atoms with E-state index in [0.29, 0.717) is 4.52 Å². The number of fused-ring (bicyclic) bond motifs is 1. The molecule has 0 atom stereocenters. The molecular weight excluding hydrogens is 385 g/mol. The first-order chi connectivity index (χ1) is 12.5. The SMILES string of the molecule is Cc1cc(C(F)(F)F)n2nc(C(=O)N(C)Cc3cnn(C)c3C)c(Cl)c2n1. The Labute approximate surface area is 157 Å². The maximum absolute atomic E-state index is 13.3. The lowest BCUT2D eigenvalue weighted by molar-refractivity contribution is -0.142. The molecule has 0 spiro atoms. The highest BCUT2D eigenvalue weighted by Crippen LogP contribution is 2.32. The number of aromatic nitrogens is 5. The molecule has 3 aromatic heterocycles. The molecule has 0 aliphatic heterocycles. The van der Waals surface area contributed by atoms with Crippen LogP contribution in [-0.2, 0) is 19.8 Å². The van der Waals surface area contributed by atoms with Gasteiger partial charge in [0, 0.05) is 37.6 Å². The van der Waals surface area contributed by atoms with Crippen molar-refractivity contribution in [2.75, 3.05) is 7.05 Å². The number of alkyl halides is 3. The number of carbonyl (C=O) groups is 1. The van der Waals surface area contributed by atoms with Gasteiger partial charge in [0.05, 0.1) is 6.20 Å². The fourth-order valence-corrected chi connectivity index (χ4v) is 2.90. The number of amides is 1. The van der Waals surface area contributed by atoms with Gasteiger partial charge in [0.2, 0.25) is 0 Å². The van der Waals surface area contributed by atoms with Crippen molar-refractivity contribution in [3.8, 4) is 0 Å². The molecule has 0 aromatic carbocycles. The topological polar surface area (TPSA) is 68.3 Å². The van der Waals surface area contributed by atoms with E-state index in [4.69, 9.17) is 11.6 Å². The number of aryl methyl sites for hydroxylation is 2. The monoisotopic (exact) mass is 400 g/mol. The molecule has 3 heterocycles. The maximum atomic E-state index is 13.3. The van der Waals surface area contributed by atoms with E-state index < -0.39 is 17.8 Å². The lowest BCUT2D eigenvalue weighted by atomic mass is 10.2. The highest BCUT2D eigenvalue weighted by molar-refractivity contribution is 6.36. The van der Waals surface area contributed by atoms with Gasteiger partial charge in [-0.05, 0) is 19.9 Å². The summed E-state index contributed by atoms with van der Waals surface area (Å²) in [6.45, 7) is 3.47. The summed E-state index contributed by atoms with van der Waals surface area (Å²) in [5.41, 5.74) is 0.250. The van der Waals surface area contributed by atoms with Crippen molar-refractivity contribution < 1.29 is 18.0 Å². The van der Waals surface area contributed by atoms with Crippen LogP contribution in [0.2, 0.25) is 5.02 Å². The average Bonchev–Trinajstić information content (AvgIpc) is 3.07. The second-order valence-corrected chi connectivity index (χ2v) is 6.60. The number of nitrogens with zero attached hydrogens (tertiary/aromatic N) is 6. The molecule has 11 heteroatoms. The van der Waals surface area contributed by atoms with Crippen molar-refractivity contribution in [1.82, 2.24) is 29.3 Å². The number of hydrogen-bond acceptors (Lipinski definition) is 4. The Bertz CT molecular complexity index is 1040. The van der Waals surface area contributed by atoms with Gasteiger partial charge < -0.3 is 4.90 Å². The zero-order valence-electron chi connectivity index (χ0n) is 15.0. The van der Waals surface area contributed by atoms with Gasteiger partial charge in [-0.2, -0.15) is 23.4 Å². The van der Waals surface area contributed by atoms with Crippen LogP contribution in [0.1, 0.15) is 33.1 Å². The van der Waals surface area contributed by atoms with Crippen LogP contribution in [-0.4, -0.2) is 42.2 Å². The van der Waals surface area contributed by atoms with Crippen LogP contribution in [0.15, 0.2) is 12.3 Å². The van der Waals surface area contributed by atoms with Gasteiger partial charge in [0.1, 0.15) is 10.7 Å². The zero-order chi connectivity index (χ0) is 20.1. The summed E-state index contributed by atoms with van der Waals surface area (Å²) in [5.74, 6) is -0.612. The molecular formula is C16H16ClF3N6O. The third kappa shape index (κ3) is 3.36. The van der Waals surface area contributed by atoms with Crippen LogP contribution in [0.25, 0.3) is 5.65 Å². The van der Waals surface area contributed by atoms with Crippen LogP contribution in [0, 0.1) is 13.8 Å².